The number of carboxylic acid groups (broad SMARTS) is 1. The largest absolute Gasteiger partial charge is 0.493 e. The summed E-state index contributed by atoms with van der Waals surface area (Å²) in [7, 11) is 3.28. The highest BCUT2D eigenvalue weighted by atomic mass is 16.5. The lowest BCUT2D eigenvalue weighted by atomic mass is 9.98. The zero-order valence-electron chi connectivity index (χ0n) is 12.0. The molecule has 110 valence electrons. The van der Waals surface area contributed by atoms with E-state index in [1.54, 1.807) is 14.2 Å². The third kappa shape index (κ3) is 3.42. The van der Waals surface area contributed by atoms with Crippen LogP contribution in [0, 0.1) is 0 Å². The lowest BCUT2D eigenvalue weighted by Gasteiger charge is -2.29. The maximum Gasteiger partial charge on any atom is 0.303 e. The van der Waals surface area contributed by atoms with E-state index in [2.05, 4.69) is 4.90 Å². The number of hydrogen-bond acceptors (Lipinski definition) is 4. The third-order valence-corrected chi connectivity index (χ3v) is 3.66. The average molecular weight is 279 g/mol. The number of ether oxygens (including phenoxy) is 2. The van der Waals surface area contributed by atoms with E-state index in [0.717, 1.165) is 37.6 Å². The van der Waals surface area contributed by atoms with Crippen molar-refractivity contribution >= 4 is 5.97 Å². The summed E-state index contributed by atoms with van der Waals surface area (Å²) in [6, 6.07) is 4.07. The molecule has 0 fully saturated rings. The highest BCUT2D eigenvalue weighted by Crippen LogP contribution is 2.33. The van der Waals surface area contributed by atoms with Gasteiger partial charge in [-0.3, -0.25) is 9.69 Å². The van der Waals surface area contributed by atoms with Crippen LogP contribution in [0.5, 0.6) is 11.5 Å². The Morgan fingerprint density at radius 2 is 1.90 bits per heavy atom. The molecule has 1 aliphatic rings. The summed E-state index contributed by atoms with van der Waals surface area (Å²) in [5.74, 6) is 0.790. The molecule has 0 saturated heterocycles. The fraction of sp³-hybridized carbons (Fsp3) is 0.533. The van der Waals surface area contributed by atoms with Crippen LogP contribution in [-0.4, -0.2) is 43.3 Å². The topological polar surface area (TPSA) is 59.0 Å². The second-order valence-corrected chi connectivity index (χ2v) is 5.00. The van der Waals surface area contributed by atoms with E-state index < -0.39 is 5.97 Å². The number of carbonyl (C=O) groups is 1. The lowest BCUT2D eigenvalue weighted by molar-refractivity contribution is -0.137. The van der Waals surface area contributed by atoms with Crippen molar-refractivity contribution in [3.05, 3.63) is 23.3 Å². The van der Waals surface area contributed by atoms with E-state index in [-0.39, 0.29) is 6.42 Å². The fourth-order valence-corrected chi connectivity index (χ4v) is 2.59. The van der Waals surface area contributed by atoms with E-state index in [9.17, 15) is 4.79 Å². The Hall–Kier alpha value is -1.75. The molecule has 1 heterocycles. The van der Waals surface area contributed by atoms with Crippen molar-refractivity contribution in [2.45, 2.75) is 25.8 Å². The fourth-order valence-electron chi connectivity index (χ4n) is 2.59. The quantitative estimate of drug-likeness (QED) is 0.862. The zero-order valence-corrected chi connectivity index (χ0v) is 12.0. The van der Waals surface area contributed by atoms with Gasteiger partial charge >= 0.3 is 5.97 Å². The molecule has 0 spiro atoms. The van der Waals surface area contributed by atoms with Crippen molar-refractivity contribution < 1.29 is 19.4 Å². The van der Waals surface area contributed by atoms with Crippen molar-refractivity contribution in [3.63, 3.8) is 0 Å². The molecule has 0 radical (unpaired) electrons. The molecule has 1 aromatic carbocycles. The van der Waals surface area contributed by atoms with Crippen LogP contribution in [0.2, 0.25) is 0 Å². The van der Waals surface area contributed by atoms with Crippen molar-refractivity contribution in [2.24, 2.45) is 0 Å². The monoisotopic (exact) mass is 279 g/mol. The minimum absolute atomic E-state index is 0.231. The number of nitrogens with zero attached hydrogens (tertiary/aromatic N) is 1. The molecule has 0 aromatic heterocycles. The Morgan fingerprint density at radius 1 is 1.25 bits per heavy atom. The Bertz CT molecular complexity index is 487. The second-order valence-electron chi connectivity index (χ2n) is 5.00. The van der Waals surface area contributed by atoms with Crippen LogP contribution in [-0.2, 0) is 17.8 Å². The molecule has 1 aromatic rings. The van der Waals surface area contributed by atoms with E-state index in [4.69, 9.17) is 14.6 Å². The predicted octanol–water partition coefficient (Wildman–Crippen LogP) is 1.93. The van der Waals surface area contributed by atoms with Crippen LogP contribution >= 0.6 is 0 Å². The Morgan fingerprint density at radius 3 is 2.50 bits per heavy atom. The van der Waals surface area contributed by atoms with Gasteiger partial charge in [-0.2, -0.15) is 0 Å². The summed E-state index contributed by atoms with van der Waals surface area (Å²) in [4.78, 5) is 12.8. The van der Waals surface area contributed by atoms with Gasteiger partial charge < -0.3 is 14.6 Å². The molecule has 0 unspecified atom stereocenters. The number of methoxy groups -OCH3 is 2. The summed E-state index contributed by atoms with van der Waals surface area (Å²) >= 11 is 0. The Labute approximate surface area is 119 Å². The molecule has 1 aliphatic heterocycles. The molecule has 5 nitrogen and oxygen atoms in total. The average Bonchev–Trinajstić information content (AvgIpc) is 2.45. The number of hydrogen-bond donors (Lipinski definition) is 1. The first-order valence-electron chi connectivity index (χ1n) is 6.82. The van der Waals surface area contributed by atoms with Crippen molar-refractivity contribution in [2.75, 3.05) is 27.3 Å². The Balaban J connectivity index is 2.03. The summed E-state index contributed by atoms with van der Waals surface area (Å²) in [5, 5.41) is 8.68. The summed E-state index contributed by atoms with van der Waals surface area (Å²) in [5.41, 5.74) is 2.53. The van der Waals surface area contributed by atoms with E-state index in [0.29, 0.717) is 6.42 Å². The number of rotatable bonds is 6. The maximum absolute atomic E-state index is 10.5. The van der Waals surface area contributed by atoms with Crippen LogP contribution in [0.3, 0.4) is 0 Å². The first-order valence-corrected chi connectivity index (χ1v) is 6.82. The first-order chi connectivity index (χ1) is 9.63. The second kappa shape index (κ2) is 6.61. The van der Waals surface area contributed by atoms with Gasteiger partial charge in [0.05, 0.1) is 14.2 Å². The Kier molecular flexibility index (Phi) is 4.84. The van der Waals surface area contributed by atoms with Crippen molar-refractivity contribution in [1.82, 2.24) is 4.90 Å². The van der Waals surface area contributed by atoms with Gasteiger partial charge in [0.15, 0.2) is 11.5 Å². The zero-order chi connectivity index (χ0) is 14.5. The van der Waals surface area contributed by atoms with Gasteiger partial charge in [0.1, 0.15) is 0 Å². The predicted molar refractivity (Wildman–Crippen MR) is 75.4 cm³/mol. The summed E-state index contributed by atoms with van der Waals surface area (Å²) < 4.78 is 10.6. The smallest absolute Gasteiger partial charge is 0.303 e. The molecule has 0 atom stereocenters. The highest BCUT2D eigenvalue weighted by molar-refractivity contribution is 5.66. The van der Waals surface area contributed by atoms with Gasteiger partial charge in [-0.05, 0) is 42.6 Å². The lowest BCUT2D eigenvalue weighted by Crippen LogP contribution is -2.31. The first kappa shape index (κ1) is 14.7. The molecule has 0 bridgehead atoms. The molecule has 0 saturated carbocycles. The minimum atomic E-state index is -0.728. The molecular weight excluding hydrogens is 258 g/mol. The standard InChI is InChI=1S/C15H21NO4/c1-19-13-8-11-5-7-16(6-3-4-15(17)18)10-12(11)9-14(13)20-2/h8-9H,3-7,10H2,1-2H3,(H,17,18). The van der Waals surface area contributed by atoms with Crippen LogP contribution < -0.4 is 9.47 Å². The van der Waals surface area contributed by atoms with Crippen LogP contribution in [0.15, 0.2) is 12.1 Å². The van der Waals surface area contributed by atoms with Crippen molar-refractivity contribution in [3.8, 4) is 11.5 Å². The van der Waals surface area contributed by atoms with Gasteiger partial charge in [-0.15, -0.1) is 0 Å². The molecular formula is C15H21NO4. The highest BCUT2D eigenvalue weighted by Gasteiger charge is 2.19. The number of aliphatic carboxylic acids is 1. The van der Waals surface area contributed by atoms with E-state index >= 15 is 0 Å². The van der Waals surface area contributed by atoms with Crippen LogP contribution in [0.4, 0.5) is 0 Å². The van der Waals surface area contributed by atoms with Gasteiger partial charge in [0.2, 0.25) is 0 Å². The molecule has 20 heavy (non-hydrogen) atoms. The summed E-state index contributed by atoms with van der Waals surface area (Å²) in [6.07, 6.45) is 1.88. The van der Waals surface area contributed by atoms with E-state index in [1.807, 2.05) is 12.1 Å². The van der Waals surface area contributed by atoms with Gasteiger partial charge in [0, 0.05) is 19.5 Å². The SMILES string of the molecule is COc1cc2c(cc1OC)CN(CCCC(=O)O)CC2. The molecule has 5 heteroatoms. The van der Waals surface area contributed by atoms with E-state index in [1.165, 1.54) is 11.1 Å². The molecule has 0 aliphatic carbocycles. The van der Waals surface area contributed by atoms with Crippen LogP contribution in [0.25, 0.3) is 0 Å². The number of fused-ring (bicyclic) bond motifs is 1. The van der Waals surface area contributed by atoms with Gasteiger partial charge in [-0.1, -0.05) is 0 Å². The number of carboxylic acids is 1. The van der Waals surface area contributed by atoms with Crippen molar-refractivity contribution in [1.29, 1.82) is 0 Å². The minimum Gasteiger partial charge on any atom is -0.493 e. The summed E-state index contributed by atoms with van der Waals surface area (Å²) in [6.45, 7) is 2.62. The van der Waals surface area contributed by atoms with Gasteiger partial charge in [0.25, 0.3) is 0 Å². The van der Waals surface area contributed by atoms with Gasteiger partial charge in [-0.25, -0.2) is 0 Å². The molecule has 2 rings (SSSR count). The molecule has 0 amide bonds. The molecule has 1 N–H and O–H groups in total. The number of benzene rings is 1. The maximum atomic E-state index is 10.5. The normalized spacial score (nSPS) is 14.7. The van der Waals surface area contributed by atoms with Crippen LogP contribution in [0.1, 0.15) is 24.0 Å². The third-order valence-electron chi connectivity index (χ3n) is 3.66.